The van der Waals surface area contributed by atoms with Crippen molar-refractivity contribution in [1.29, 1.82) is 0 Å². The van der Waals surface area contributed by atoms with Crippen LogP contribution in [0.3, 0.4) is 0 Å². The van der Waals surface area contributed by atoms with Gasteiger partial charge in [0.1, 0.15) is 0 Å². The number of methoxy groups -OCH3 is 1. The molecule has 1 aromatic heterocycles. The second-order valence-corrected chi connectivity index (χ2v) is 5.48. The van der Waals surface area contributed by atoms with E-state index < -0.39 is 5.97 Å². The van der Waals surface area contributed by atoms with Gasteiger partial charge in [-0.05, 0) is 24.5 Å². The zero-order valence-electron chi connectivity index (χ0n) is 13.3. The third kappa shape index (κ3) is 8.58. The molecule has 5 heteroatoms. The standard InChI is InChI=1S/C14H15NS.C4H6O3/c1-2-6-14-15-13(11-16-14)10-9-12-7-4-3-5-8-12;1-7-3-2-4(5)6/h3-5,7-11H,2,6H2,1H3;2-3H,1H3,(H,5,6). The summed E-state index contributed by atoms with van der Waals surface area (Å²) in [7, 11) is 1.39. The van der Waals surface area contributed by atoms with Crippen molar-refractivity contribution in [2.75, 3.05) is 7.11 Å². The molecular formula is C18H21NO3S. The number of nitrogens with zero attached hydrogens (tertiary/aromatic N) is 1. The number of aliphatic carboxylic acids is 1. The number of ether oxygens (including phenoxy) is 1. The molecule has 0 radical (unpaired) electrons. The first kappa shape index (κ1) is 18.6. The summed E-state index contributed by atoms with van der Waals surface area (Å²) in [4.78, 5) is 14.1. The molecule has 122 valence electrons. The molecule has 2 rings (SSSR count). The van der Waals surface area contributed by atoms with Crippen LogP contribution in [0.1, 0.15) is 29.6 Å². The SMILES string of the molecule is CCCc1nc(C=Cc2ccccc2)cs1.COC=CC(=O)O. The number of carbonyl (C=O) groups is 1. The Morgan fingerprint density at radius 1 is 1.30 bits per heavy atom. The van der Waals surface area contributed by atoms with Gasteiger partial charge in [0, 0.05) is 5.38 Å². The van der Waals surface area contributed by atoms with Crippen LogP contribution in [0.4, 0.5) is 0 Å². The Labute approximate surface area is 140 Å². The first-order valence-corrected chi connectivity index (χ1v) is 8.13. The van der Waals surface area contributed by atoms with Crippen LogP contribution in [0.5, 0.6) is 0 Å². The Morgan fingerprint density at radius 2 is 2.04 bits per heavy atom. The molecule has 2 aromatic rings. The summed E-state index contributed by atoms with van der Waals surface area (Å²) in [6, 6.07) is 10.3. The van der Waals surface area contributed by atoms with E-state index in [0.29, 0.717) is 0 Å². The number of rotatable bonds is 6. The number of thiazole rings is 1. The Balaban J connectivity index is 0.000000322. The van der Waals surface area contributed by atoms with Crippen molar-refractivity contribution in [1.82, 2.24) is 4.98 Å². The van der Waals surface area contributed by atoms with Gasteiger partial charge in [0.2, 0.25) is 0 Å². The number of aromatic nitrogens is 1. The molecule has 1 N–H and O–H groups in total. The summed E-state index contributed by atoms with van der Waals surface area (Å²) in [5, 5.41) is 11.2. The average molecular weight is 331 g/mol. The van der Waals surface area contributed by atoms with Gasteiger partial charge in [-0.1, -0.05) is 43.3 Å². The first-order valence-electron chi connectivity index (χ1n) is 7.25. The molecule has 0 aliphatic rings. The molecule has 4 nitrogen and oxygen atoms in total. The first-order chi connectivity index (χ1) is 11.2. The Bertz CT molecular complexity index is 633. The maximum atomic E-state index is 9.59. The van der Waals surface area contributed by atoms with Gasteiger partial charge in [0.15, 0.2) is 0 Å². The fourth-order valence-electron chi connectivity index (χ4n) is 1.60. The average Bonchev–Trinajstić information content (AvgIpc) is 3.00. The van der Waals surface area contributed by atoms with Crippen molar-refractivity contribution in [2.24, 2.45) is 0 Å². The maximum Gasteiger partial charge on any atom is 0.331 e. The van der Waals surface area contributed by atoms with Crippen molar-refractivity contribution < 1.29 is 14.6 Å². The van der Waals surface area contributed by atoms with E-state index in [4.69, 9.17) is 5.11 Å². The van der Waals surface area contributed by atoms with E-state index in [2.05, 4.69) is 46.3 Å². The molecule has 0 unspecified atom stereocenters. The van der Waals surface area contributed by atoms with Crippen molar-refractivity contribution in [2.45, 2.75) is 19.8 Å². The molecule has 0 spiro atoms. The summed E-state index contributed by atoms with van der Waals surface area (Å²) in [5.41, 5.74) is 2.28. The quantitative estimate of drug-likeness (QED) is 0.625. The molecule has 1 aromatic carbocycles. The molecule has 0 aliphatic heterocycles. The maximum absolute atomic E-state index is 9.59. The minimum absolute atomic E-state index is 0.917. The minimum Gasteiger partial charge on any atom is -0.504 e. The predicted molar refractivity (Wildman–Crippen MR) is 95.3 cm³/mol. The number of hydrogen-bond donors (Lipinski definition) is 1. The molecule has 0 fully saturated rings. The summed E-state index contributed by atoms with van der Waals surface area (Å²) >= 11 is 1.75. The van der Waals surface area contributed by atoms with Crippen LogP contribution in [-0.4, -0.2) is 23.2 Å². The Morgan fingerprint density at radius 3 is 2.61 bits per heavy atom. The van der Waals surface area contributed by atoms with Crippen LogP contribution >= 0.6 is 11.3 Å². The molecular weight excluding hydrogens is 310 g/mol. The smallest absolute Gasteiger partial charge is 0.331 e. The largest absolute Gasteiger partial charge is 0.504 e. The molecule has 0 saturated heterocycles. The number of hydrogen-bond acceptors (Lipinski definition) is 4. The van der Waals surface area contributed by atoms with Gasteiger partial charge in [-0.15, -0.1) is 11.3 Å². The fourth-order valence-corrected chi connectivity index (χ4v) is 2.47. The predicted octanol–water partition coefficient (Wildman–Crippen LogP) is 4.50. The highest BCUT2D eigenvalue weighted by atomic mass is 32.1. The summed E-state index contributed by atoms with van der Waals surface area (Å²) in [6.07, 6.45) is 8.44. The van der Waals surface area contributed by atoms with Crippen LogP contribution in [0.2, 0.25) is 0 Å². The lowest BCUT2D eigenvalue weighted by Crippen LogP contribution is -1.85. The van der Waals surface area contributed by atoms with Crippen molar-refractivity contribution in [3.05, 3.63) is 64.3 Å². The second-order valence-electron chi connectivity index (χ2n) is 4.54. The van der Waals surface area contributed by atoms with Gasteiger partial charge in [0.05, 0.1) is 30.1 Å². The second kappa shape index (κ2) is 11.2. The topological polar surface area (TPSA) is 59.4 Å². The molecule has 0 saturated carbocycles. The highest BCUT2D eigenvalue weighted by Gasteiger charge is 1.97. The van der Waals surface area contributed by atoms with E-state index >= 15 is 0 Å². The molecule has 23 heavy (non-hydrogen) atoms. The van der Waals surface area contributed by atoms with Crippen molar-refractivity contribution in [3.8, 4) is 0 Å². The summed E-state index contributed by atoms with van der Waals surface area (Å²) in [5.74, 6) is -0.998. The highest BCUT2D eigenvalue weighted by molar-refractivity contribution is 7.09. The third-order valence-electron chi connectivity index (χ3n) is 2.63. The lowest BCUT2D eigenvalue weighted by atomic mass is 10.2. The van der Waals surface area contributed by atoms with Crippen LogP contribution in [0.25, 0.3) is 12.2 Å². The summed E-state index contributed by atoms with van der Waals surface area (Å²) in [6.45, 7) is 2.18. The van der Waals surface area contributed by atoms with Gasteiger partial charge < -0.3 is 9.84 Å². The van der Waals surface area contributed by atoms with Crippen molar-refractivity contribution in [3.63, 3.8) is 0 Å². The number of carboxylic acids is 1. The fraction of sp³-hybridized carbons (Fsp3) is 0.222. The zero-order chi connectivity index (χ0) is 16.9. The zero-order valence-corrected chi connectivity index (χ0v) is 14.1. The monoisotopic (exact) mass is 331 g/mol. The Hall–Kier alpha value is -2.40. The van der Waals surface area contributed by atoms with E-state index in [1.807, 2.05) is 18.2 Å². The van der Waals surface area contributed by atoms with E-state index in [1.165, 1.54) is 17.7 Å². The van der Waals surface area contributed by atoms with Crippen LogP contribution in [-0.2, 0) is 16.0 Å². The van der Waals surface area contributed by atoms with E-state index in [-0.39, 0.29) is 0 Å². The molecule has 0 bridgehead atoms. The highest BCUT2D eigenvalue weighted by Crippen LogP contribution is 2.14. The number of benzene rings is 1. The van der Waals surface area contributed by atoms with Gasteiger partial charge >= 0.3 is 5.97 Å². The van der Waals surface area contributed by atoms with Crippen molar-refractivity contribution >= 4 is 29.5 Å². The Kier molecular flexibility index (Phi) is 9.09. The van der Waals surface area contributed by atoms with Gasteiger partial charge in [-0.2, -0.15) is 0 Å². The van der Waals surface area contributed by atoms with Gasteiger partial charge in [-0.25, -0.2) is 9.78 Å². The third-order valence-corrected chi connectivity index (χ3v) is 3.55. The van der Waals surface area contributed by atoms with E-state index in [0.717, 1.165) is 30.9 Å². The molecule has 1 heterocycles. The minimum atomic E-state index is -0.998. The van der Waals surface area contributed by atoms with Gasteiger partial charge in [-0.3, -0.25) is 0 Å². The molecule has 0 amide bonds. The number of carboxylic acid groups (broad SMARTS) is 1. The van der Waals surface area contributed by atoms with Crippen LogP contribution in [0.15, 0.2) is 48.0 Å². The molecule has 0 atom stereocenters. The summed E-state index contributed by atoms with van der Waals surface area (Å²) < 4.78 is 4.29. The normalized spacial score (nSPS) is 10.5. The van der Waals surface area contributed by atoms with E-state index in [9.17, 15) is 4.79 Å². The lowest BCUT2D eigenvalue weighted by Gasteiger charge is -1.90. The van der Waals surface area contributed by atoms with E-state index in [1.54, 1.807) is 11.3 Å². The van der Waals surface area contributed by atoms with Crippen LogP contribution in [0, 0.1) is 0 Å². The number of aryl methyl sites for hydroxylation is 1. The molecule has 0 aliphatic carbocycles. The lowest BCUT2D eigenvalue weighted by molar-refractivity contribution is -0.131. The van der Waals surface area contributed by atoms with Gasteiger partial charge in [0.25, 0.3) is 0 Å². The van der Waals surface area contributed by atoms with Crippen LogP contribution < -0.4 is 0 Å².